The average molecular weight is 261 g/mol. The Hall–Kier alpha value is -2.00. The van der Waals surface area contributed by atoms with Crippen molar-refractivity contribution in [2.24, 2.45) is 0 Å². The molecule has 4 heteroatoms. The maximum atomic E-state index is 12.1. The molecule has 0 fully saturated rings. The third-order valence-corrected chi connectivity index (χ3v) is 2.99. The number of nitrogens with one attached hydrogen (secondary N) is 1. The largest absolute Gasteiger partial charge is 0.397 e. The van der Waals surface area contributed by atoms with Gasteiger partial charge in [-0.05, 0) is 30.7 Å². The van der Waals surface area contributed by atoms with Gasteiger partial charge in [-0.1, -0.05) is 35.9 Å². The molecule has 18 heavy (non-hydrogen) atoms. The van der Waals surface area contributed by atoms with Crippen LogP contribution < -0.4 is 11.1 Å². The normalized spacial score (nSPS) is 10.1. The predicted octanol–water partition coefficient (Wildman–Crippen LogP) is 3.48. The van der Waals surface area contributed by atoms with Crippen LogP contribution in [0.2, 0.25) is 5.02 Å². The van der Waals surface area contributed by atoms with Gasteiger partial charge >= 0.3 is 0 Å². The van der Waals surface area contributed by atoms with E-state index >= 15 is 0 Å². The molecule has 0 unspecified atom stereocenters. The van der Waals surface area contributed by atoms with Crippen LogP contribution in [-0.4, -0.2) is 5.91 Å². The Morgan fingerprint density at radius 3 is 2.56 bits per heavy atom. The number of halogens is 1. The highest BCUT2D eigenvalue weighted by Gasteiger charge is 2.12. The van der Waals surface area contributed by atoms with Gasteiger partial charge in [-0.15, -0.1) is 0 Å². The lowest BCUT2D eigenvalue weighted by atomic mass is 10.1. The van der Waals surface area contributed by atoms with Crippen LogP contribution >= 0.6 is 11.6 Å². The summed E-state index contributed by atoms with van der Waals surface area (Å²) in [6.07, 6.45) is 0. The van der Waals surface area contributed by atoms with E-state index in [1.54, 1.807) is 24.3 Å². The number of anilines is 2. The molecule has 0 spiro atoms. The molecule has 0 bridgehead atoms. The van der Waals surface area contributed by atoms with Crippen LogP contribution in [-0.2, 0) is 0 Å². The van der Waals surface area contributed by atoms with Crippen LogP contribution in [0, 0.1) is 6.92 Å². The summed E-state index contributed by atoms with van der Waals surface area (Å²) in [6.45, 7) is 1.88. The minimum atomic E-state index is -0.215. The second kappa shape index (κ2) is 5.10. The van der Waals surface area contributed by atoms with Gasteiger partial charge in [0.2, 0.25) is 0 Å². The summed E-state index contributed by atoms with van der Waals surface area (Å²) in [5.41, 5.74) is 8.20. The van der Waals surface area contributed by atoms with E-state index in [1.807, 2.05) is 25.1 Å². The van der Waals surface area contributed by atoms with Crippen LogP contribution in [0.5, 0.6) is 0 Å². The molecular weight excluding hydrogens is 248 g/mol. The molecule has 3 nitrogen and oxygen atoms in total. The van der Waals surface area contributed by atoms with Gasteiger partial charge in [-0.25, -0.2) is 0 Å². The summed E-state index contributed by atoms with van der Waals surface area (Å²) in [4.78, 5) is 12.1. The maximum Gasteiger partial charge on any atom is 0.256 e. The van der Waals surface area contributed by atoms with Gasteiger partial charge in [-0.2, -0.15) is 0 Å². The highest BCUT2D eigenvalue weighted by Crippen LogP contribution is 2.28. The van der Waals surface area contributed by atoms with E-state index in [4.69, 9.17) is 17.3 Å². The number of para-hydroxylation sites is 1. The van der Waals surface area contributed by atoms with Gasteiger partial charge in [0, 0.05) is 5.56 Å². The van der Waals surface area contributed by atoms with Crippen LogP contribution in [0.4, 0.5) is 11.4 Å². The number of carbonyl (C=O) groups is 1. The lowest BCUT2D eigenvalue weighted by molar-refractivity contribution is 0.102. The number of carbonyl (C=O) groups excluding carboxylic acids is 1. The van der Waals surface area contributed by atoms with Crippen molar-refractivity contribution in [1.82, 2.24) is 0 Å². The summed E-state index contributed by atoms with van der Waals surface area (Å²) in [5, 5.41) is 3.17. The molecule has 0 saturated heterocycles. The molecule has 0 aliphatic carbocycles. The molecule has 0 radical (unpaired) electrons. The Labute approximate surface area is 111 Å². The van der Waals surface area contributed by atoms with Crippen molar-refractivity contribution in [3.63, 3.8) is 0 Å². The smallest absolute Gasteiger partial charge is 0.256 e. The van der Waals surface area contributed by atoms with Crippen molar-refractivity contribution >= 4 is 28.9 Å². The Bertz CT molecular complexity index is 576. The lowest BCUT2D eigenvalue weighted by Gasteiger charge is -2.11. The third-order valence-electron chi connectivity index (χ3n) is 2.67. The number of hydrogen-bond acceptors (Lipinski definition) is 2. The standard InChI is InChI=1S/C14H13ClN2O/c1-9-5-2-3-6-10(9)14(18)17-13-11(15)7-4-8-12(13)16/h2-8H,16H2,1H3,(H,17,18). The average Bonchev–Trinajstić information content (AvgIpc) is 2.34. The third kappa shape index (κ3) is 2.46. The predicted molar refractivity (Wildman–Crippen MR) is 75.0 cm³/mol. The molecule has 0 atom stereocenters. The van der Waals surface area contributed by atoms with Gasteiger partial charge in [0.15, 0.2) is 0 Å². The zero-order valence-corrected chi connectivity index (χ0v) is 10.7. The molecular formula is C14H13ClN2O. The van der Waals surface area contributed by atoms with Gasteiger partial charge in [0.25, 0.3) is 5.91 Å². The minimum Gasteiger partial charge on any atom is -0.397 e. The topological polar surface area (TPSA) is 55.1 Å². The van der Waals surface area contributed by atoms with E-state index in [1.165, 1.54) is 0 Å². The van der Waals surface area contributed by atoms with Crippen molar-refractivity contribution in [2.75, 3.05) is 11.1 Å². The molecule has 0 aliphatic heterocycles. The molecule has 3 N–H and O–H groups in total. The second-order valence-electron chi connectivity index (χ2n) is 3.97. The van der Waals surface area contributed by atoms with Crippen molar-refractivity contribution in [2.45, 2.75) is 6.92 Å². The zero-order chi connectivity index (χ0) is 13.1. The SMILES string of the molecule is Cc1ccccc1C(=O)Nc1c(N)cccc1Cl. The molecule has 0 aliphatic rings. The van der Waals surface area contributed by atoms with Crippen LogP contribution in [0.15, 0.2) is 42.5 Å². The number of benzene rings is 2. The summed E-state index contributed by atoms with van der Waals surface area (Å²) in [7, 11) is 0. The van der Waals surface area contributed by atoms with E-state index in [-0.39, 0.29) is 5.91 Å². The number of rotatable bonds is 2. The molecule has 1 amide bonds. The first kappa shape index (κ1) is 12.5. The number of aryl methyl sites for hydroxylation is 1. The van der Waals surface area contributed by atoms with E-state index in [2.05, 4.69) is 5.32 Å². The summed E-state index contributed by atoms with van der Waals surface area (Å²) < 4.78 is 0. The molecule has 2 aromatic rings. The quantitative estimate of drug-likeness (QED) is 0.812. The minimum absolute atomic E-state index is 0.215. The van der Waals surface area contributed by atoms with Crippen molar-refractivity contribution in [3.05, 3.63) is 58.6 Å². The molecule has 2 rings (SSSR count). The lowest BCUT2D eigenvalue weighted by Crippen LogP contribution is -2.14. The Balaban J connectivity index is 2.30. The monoisotopic (exact) mass is 260 g/mol. The van der Waals surface area contributed by atoms with E-state index < -0.39 is 0 Å². The van der Waals surface area contributed by atoms with E-state index in [9.17, 15) is 4.79 Å². The number of amides is 1. The summed E-state index contributed by atoms with van der Waals surface area (Å²) >= 11 is 6.01. The Morgan fingerprint density at radius 2 is 1.89 bits per heavy atom. The van der Waals surface area contributed by atoms with Crippen molar-refractivity contribution < 1.29 is 4.79 Å². The first-order valence-corrected chi connectivity index (χ1v) is 5.88. The first-order chi connectivity index (χ1) is 8.59. The van der Waals surface area contributed by atoms with E-state index in [0.29, 0.717) is 22.0 Å². The van der Waals surface area contributed by atoms with Crippen LogP contribution in [0.1, 0.15) is 15.9 Å². The summed E-state index contributed by atoms with van der Waals surface area (Å²) in [6, 6.07) is 12.5. The second-order valence-corrected chi connectivity index (χ2v) is 4.38. The first-order valence-electron chi connectivity index (χ1n) is 5.50. The fourth-order valence-corrected chi connectivity index (χ4v) is 1.91. The van der Waals surface area contributed by atoms with Gasteiger partial charge in [0.05, 0.1) is 16.4 Å². The van der Waals surface area contributed by atoms with Gasteiger partial charge in [0.1, 0.15) is 0 Å². The molecule has 0 aromatic heterocycles. The van der Waals surface area contributed by atoms with Crippen LogP contribution in [0.25, 0.3) is 0 Å². The molecule has 2 aromatic carbocycles. The Kier molecular flexibility index (Phi) is 3.53. The number of nitrogens with two attached hydrogens (primary N) is 1. The van der Waals surface area contributed by atoms with Crippen molar-refractivity contribution in [3.8, 4) is 0 Å². The zero-order valence-electron chi connectivity index (χ0n) is 9.91. The fraction of sp³-hybridized carbons (Fsp3) is 0.0714. The highest BCUT2D eigenvalue weighted by molar-refractivity contribution is 6.34. The number of hydrogen-bond donors (Lipinski definition) is 2. The van der Waals surface area contributed by atoms with Crippen molar-refractivity contribution in [1.29, 1.82) is 0 Å². The van der Waals surface area contributed by atoms with E-state index in [0.717, 1.165) is 5.56 Å². The van der Waals surface area contributed by atoms with Gasteiger partial charge in [-0.3, -0.25) is 4.79 Å². The molecule has 92 valence electrons. The summed E-state index contributed by atoms with van der Waals surface area (Å²) in [5.74, 6) is -0.215. The Morgan fingerprint density at radius 1 is 1.17 bits per heavy atom. The molecule has 0 heterocycles. The molecule has 0 saturated carbocycles. The fourth-order valence-electron chi connectivity index (χ4n) is 1.68. The van der Waals surface area contributed by atoms with Crippen LogP contribution in [0.3, 0.4) is 0 Å². The number of nitrogen functional groups attached to an aromatic ring is 1. The highest BCUT2D eigenvalue weighted by atomic mass is 35.5. The van der Waals surface area contributed by atoms with Gasteiger partial charge < -0.3 is 11.1 Å². The maximum absolute atomic E-state index is 12.1.